The number of nitrogens with one attached hydrogen (secondary N) is 3. The highest BCUT2D eigenvalue weighted by atomic mass is 127. The summed E-state index contributed by atoms with van der Waals surface area (Å²) in [6, 6.07) is 12.0. The molecule has 2 aromatic carbocycles. The summed E-state index contributed by atoms with van der Waals surface area (Å²) in [6.45, 7) is 7.46. The van der Waals surface area contributed by atoms with Crippen LogP contribution < -0.4 is 25.4 Å². The van der Waals surface area contributed by atoms with Crippen molar-refractivity contribution in [3.63, 3.8) is 0 Å². The average Bonchev–Trinajstić information content (AvgIpc) is 2.96. The summed E-state index contributed by atoms with van der Waals surface area (Å²) in [6.07, 6.45) is 1.43. The van der Waals surface area contributed by atoms with Gasteiger partial charge in [0.2, 0.25) is 5.91 Å². The van der Waals surface area contributed by atoms with Crippen LogP contribution in [0.25, 0.3) is 0 Å². The molecule has 0 radical (unpaired) electrons. The summed E-state index contributed by atoms with van der Waals surface area (Å²) < 4.78 is 24.9. The SMILES string of the molecule is CC(C)(C)NC(=O)CN=C(NCCc1cccc(F)c1)Nc1ccc2c(c1)OCCCO2.I. The fourth-order valence-electron chi connectivity index (χ4n) is 3.14. The Kier molecular flexibility index (Phi) is 10.2. The Morgan fingerprint density at radius 2 is 1.85 bits per heavy atom. The number of halogens is 2. The maximum Gasteiger partial charge on any atom is 0.242 e. The molecule has 1 aliphatic heterocycles. The van der Waals surface area contributed by atoms with Crippen LogP contribution in [0.2, 0.25) is 0 Å². The minimum absolute atomic E-state index is 0. The van der Waals surface area contributed by atoms with Gasteiger partial charge in [0.1, 0.15) is 12.4 Å². The number of amides is 1. The van der Waals surface area contributed by atoms with Crippen molar-refractivity contribution in [1.29, 1.82) is 0 Å². The highest BCUT2D eigenvalue weighted by Gasteiger charge is 2.14. The molecule has 0 aromatic heterocycles. The molecule has 33 heavy (non-hydrogen) atoms. The molecule has 1 aliphatic rings. The number of benzene rings is 2. The first-order valence-electron chi connectivity index (χ1n) is 10.8. The van der Waals surface area contributed by atoms with Crippen molar-refractivity contribution in [1.82, 2.24) is 10.6 Å². The Labute approximate surface area is 211 Å². The first-order chi connectivity index (χ1) is 15.3. The van der Waals surface area contributed by atoms with Crippen molar-refractivity contribution in [3.05, 3.63) is 53.8 Å². The van der Waals surface area contributed by atoms with Crippen LogP contribution >= 0.6 is 24.0 Å². The average molecular weight is 570 g/mol. The summed E-state index contributed by atoms with van der Waals surface area (Å²) in [5.41, 5.74) is 1.29. The van der Waals surface area contributed by atoms with Crippen molar-refractivity contribution in [3.8, 4) is 11.5 Å². The van der Waals surface area contributed by atoms with Gasteiger partial charge in [0.15, 0.2) is 17.5 Å². The summed E-state index contributed by atoms with van der Waals surface area (Å²) >= 11 is 0. The molecule has 0 saturated heterocycles. The molecule has 7 nitrogen and oxygen atoms in total. The number of anilines is 1. The van der Waals surface area contributed by atoms with Crippen LogP contribution in [-0.2, 0) is 11.2 Å². The van der Waals surface area contributed by atoms with Crippen LogP contribution in [0.4, 0.5) is 10.1 Å². The van der Waals surface area contributed by atoms with Gasteiger partial charge in [0, 0.05) is 30.3 Å². The van der Waals surface area contributed by atoms with Gasteiger partial charge < -0.3 is 25.4 Å². The van der Waals surface area contributed by atoms with Crippen molar-refractivity contribution in [2.45, 2.75) is 39.2 Å². The summed E-state index contributed by atoms with van der Waals surface area (Å²) in [5, 5.41) is 9.32. The zero-order valence-corrected chi connectivity index (χ0v) is 21.6. The van der Waals surface area contributed by atoms with Crippen molar-refractivity contribution in [2.24, 2.45) is 4.99 Å². The highest BCUT2D eigenvalue weighted by molar-refractivity contribution is 14.0. The number of carbonyl (C=O) groups is 1. The molecule has 3 N–H and O–H groups in total. The molecule has 0 spiro atoms. The molecule has 180 valence electrons. The Bertz CT molecular complexity index is 963. The zero-order chi connectivity index (χ0) is 23.0. The molecule has 0 bridgehead atoms. The second-order valence-corrected chi connectivity index (χ2v) is 8.61. The van der Waals surface area contributed by atoms with Gasteiger partial charge in [-0.2, -0.15) is 0 Å². The molecule has 1 heterocycles. The maximum absolute atomic E-state index is 13.4. The topological polar surface area (TPSA) is 84.0 Å². The largest absolute Gasteiger partial charge is 0.490 e. The number of rotatable bonds is 6. The van der Waals surface area contributed by atoms with E-state index in [1.165, 1.54) is 12.1 Å². The fourth-order valence-corrected chi connectivity index (χ4v) is 3.14. The normalized spacial score (nSPS) is 13.4. The molecule has 3 rings (SSSR count). The van der Waals surface area contributed by atoms with Crippen LogP contribution in [0.5, 0.6) is 11.5 Å². The van der Waals surface area contributed by atoms with E-state index in [4.69, 9.17) is 9.47 Å². The monoisotopic (exact) mass is 570 g/mol. The number of aliphatic imine (C=N–C) groups is 1. The van der Waals surface area contributed by atoms with Gasteiger partial charge in [0.05, 0.1) is 13.2 Å². The third-order valence-electron chi connectivity index (χ3n) is 4.50. The molecule has 1 amide bonds. The maximum atomic E-state index is 13.4. The Hall–Kier alpha value is -2.56. The number of hydrogen-bond donors (Lipinski definition) is 3. The van der Waals surface area contributed by atoms with E-state index in [-0.39, 0.29) is 47.8 Å². The van der Waals surface area contributed by atoms with E-state index < -0.39 is 0 Å². The Balaban J connectivity index is 0.00000385. The van der Waals surface area contributed by atoms with E-state index >= 15 is 0 Å². The van der Waals surface area contributed by atoms with E-state index in [9.17, 15) is 9.18 Å². The number of hydrogen-bond acceptors (Lipinski definition) is 4. The lowest BCUT2D eigenvalue weighted by atomic mass is 10.1. The molecule has 9 heteroatoms. The summed E-state index contributed by atoms with van der Waals surface area (Å²) in [4.78, 5) is 16.6. The predicted octanol–water partition coefficient (Wildman–Crippen LogP) is 4.12. The van der Waals surface area contributed by atoms with Crippen LogP contribution in [-0.4, -0.2) is 43.7 Å². The smallest absolute Gasteiger partial charge is 0.242 e. The van der Waals surface area contributed by atoms with Crippen molar-refractivity contribution < 1.29 is 18.7 Å². The lowest BCUT2D eigenvalue weighted by Crippen LogP contribution is -2.42. The zero-order valence-electron chi connectivity index (χ0n) is 19.2. The standard InChI is InChI=1S/C24H31FN4O3.HI/c1-24(2,3)29-22(30)16-27-23(26-11-10-17-6-4-7-18(25)14-17)28-19-8-9-20-21(15-19)32-13-5-12-31-20;/h4,6-9,14-15H,5,10-13,16H2,1-3H3,(H,29,30)(H2,26,27,28);1H. The number of fused-ring (bicyclic) bond motifs is 1. The van der Waals surface area contributed by atoms with E-state index in [0.717, 1.165) is 17.7 Å². The summed E-state index contributed by atoms with van der Waals surface area (Å²) in [5.74, 6) is 1.37. The molecule has 0 saturated carbocycles. The summed E-state index contributed by atoms with van der Waals surface area (Å²) in [7, 11) is 0. The van der Waals surface area contributed by atoms with Gasteiger partial charge >= 0.3 is 0 Å². The third-order valence-corrected chi connectivity index (χ3v) is 4.50. The van der Waals surface area contributed by atoms with Crippen LogP contribution in [0.3, 0.4) is 0 Å². The molecule has 0 fully saturated rings. The number of carbonyl (C=O) groups excluding carboxylic acids is 1. The van der Waals surface area contributed by atoms with Gasteiger partial charge in [-0.15, -0.1) is 24.0 Å². The number of nitrogens with zero attached hydrogens (tertiary/aromatic N) is 1. The molecule has 0 atom stereocenters. The van der Waals surface area contributed by atoms with Crippen LogP contribution in [0.1, 0.15) is 32.8 Å². The van der Waals surface area contributed by atoms with Gasteiger partial charge in [-0.05, 0) is 57.0 Å². The van der Waals surface area contributed by atoms with E-state index in [2.05, 4.69) is 20.9 Å². The van der Waals surface area contributed by atoms with E-state index in [1.54, 1.807) is 6.07 Å². The minimum Gasteiger partial charge on any atom is -0.490 e. The van der Waals surface area contributed by atoms with Gasteiger partial charge in [0.25, 0.3) is 0 Å². The Morgan fingerprint density at radius 3 is 2.58 bits per heavy atom. The van der Waals surface area contributed by atoms with Gasteiger partial charge in [-0.1, -0.05) is 12.1 Å². The molecule has 0 aliphatic carbocycles. The predicted molar refractivity (Wildman–Crippen MR) is 139 cm³/mol. The van der Waals surface area contributed by atoms with Crippen LogP contribution in [0, 0.1) is 5.82 Å². The molecule has 2 aromatic rings. The third kappa shape index (κ3) is 9.45. The van der Waals surface area contributed by atoms with Crippen LogP contribution in [0.15, 0.2) is 47.5 Å². The number of guanidine groups is 1. The first-order valence-corrected chi connectivity index (χ1v) is 10.8. The van der Waals surface area contributed by atoms with Crippen molar-refractivity contribution in [2.75, 3.05) is 31.6 Å². The van der Waals surface area contributed by atoms with E-state index in [0.29, 0.717) is 43.6 Å². The lowest BCUT2D eigenvalue weighted by molar-refractivity contribution is -0.121. The minimum atomic E-state index is -0.334. The quantitative estimate of drug-likeness (QED) is 0.277. The number of ether oxygens (including phenoxy) is 2. The Morgan fingerprint density at radius 1 is 1.09 bits per heavy atom. The second kappa shape index (κ2) is 12.6. The van der Waals surface area contributed by atoms with E-state index in [1.807, 2.05) is 45.0 Å². The molecular formula is C24H32FIN4O3. The first kappa shape index (κ1) is 26.7. The molecule has 0 unspecified atom stereocenters. The second-order valence-electron chi connectivity index (χ2n) is 8.61. The lowest BCUT2D eigenvalue weighted by Gasteiger charge is -2.20. The van der Waals surface area contributed by atoms with Gasteiger partial charge in [-0.3, -0.25) is 4.79 Å². The van der Waals surface area contributed by atoms with Crippen molar-refractivity contribution >= 4 is 41.5 Å². The highest BCUT2D eigenvalue weighted by Crippen LogP contribution is 2.32. The molecular weight excluding hydrogens is 538 g/mol. The fraction of sp³-hybridized carbons (Fsp3) is 0.417. The van der Waals surface area contributed by atoms with Gasteiger partial charge in [-0.25, -0.2) is 9.38 Å².